The molecule has 3 rings (SSSR count). The van der Waals surface area contributed by atoms with E-state index in [4.69, 9.17) is 0 Å². The molecule has 2 nitrogen and oxygen atoms in total. The molecule has 0 amide bonds. The van der Waals surface area contributed by atoms with Gasteiger partial charge >= 0.3 is 84.8 Å². The van der Waals surface area contributed by atoms with Crippen LogP contribution >= 0.6 is 0 Å². The summed E-state index contributed by atoms with van der Waals surface area (Å²) in [4.78, 5) is 0. The van der Waals surface area contributed by atoms with E-state index in [1.54, 1.807) is 0 Å². The van der Waals surface area contributed by atoms with E-state index < -0.39 is 0 Å². The molecule has 0 spiro atoms. The van der Waals surface area contributed by atoms with Gasteiger partial charge in [-0.1, -0.05) is 20.8 Å². The SMILES string of the molecule is Cc1[c-]c(C)cc(C)c1.[CH](=[Ru]=[C]1NCCN1)c1ccccc1. The zero-order chi connectivity index (χ0) is 15.8. The van der Waals surface area contributed by atoms with Gasteiger partial charge < -0.3 is 0 Å². The molecule has 3 heteroatoms. The molecule has 1 aliphatic heterocycles. The average molecular weight is 380 g/mol. The Morgan fingerprint density at radius 1 is 0.955 bits per heavy atom. The molecule has 0 unspecified atom stereocenters. The molecule has 1 aliphatic rings. The minimum atomic E-state index is 0.187. The van der Waals surface area contributed by atoms with Crippen molar-refractivity contribution >= 4 is 8.96 Å². The van der Waals surface area contributed by atoms with E-state index in [0.717, 1.165) is 13.1 Å². The average Bonchev–Trinajstić information content (AvgIpc) is 2.99. The van der Waals surface area contributed by atoms with E-state index in [1.807, 2.05) is 6.07 Å². The van der Waals surface area contributed by atoms with Crippen LogP contribution < -0.4 is 10.6 Å². The number of nitrogens with one attached hydrogen (secondary N) is 2. The van der Waals surface area contributed by atoms with Crippen molar-refractivity contribution in [2.75, 3.05) is 13.1 Å². The first-order valence-corrected chi connectivity index (χ1v) is 9.31. The fourth-order valence-corrected chi connectivity index (χ4v) is 3.88. The summed E-state index contributed by atoms with van der Waals surface area (Å²) >= 11 is 0.187. The predicted molar refractivity (Wildman–Crippen MR) is 92.1 cm³/mol. The normalized spacial score (nSPS) is 13.5. The molecule has 0 aromatic heterocycles. The van der Waals surface area contributed by atoms with Crippen molar-refractivity contribution < 1.29 is 16.2 Å². The predicted octanol–water partition coefficient (Wildman–Crippen LogP) is 2.61. The topological polar surface area (TPSA) is 24.1 Å². The van der Waals surface area contributed by atoms with E-state index in [2.05, 4.69) is 78.5 Å². The fourth-order valence-electron chi connectivity index (χ4n) is 2.21. The molecule has 0 aliphatic carbocycles. The van der Waals surface area contributed by atoms with E-state index >= 15 is 0 Å². The van der Waals surface area contributed by atoms with Crippen LogP contribution in [0.25, 0.3) is 0 Å². The van der Waals surface area contributed by atoms with Crippen LogP contribution in [0.3, 0.4) is 0 Å². The Morgan fingerprint density at radius 3 is 2.09 bits per heavy atom. The van der Waals surface area contributed by atoms with Crippen molar-refractivity contribution in [1.82, 2.24) is 10.6 Å². The zero-order valence-corrected chi connectivity index (χ0v) is 15.1. The minimum absolute atomic E-state index is 0.187. The fraction of sp³-hybridized carbons (Fsp3) is 0.263. The van der Waals surface area contributed by atoms with Gasteiger partial charge in [0, 0.05) is 0 Å². The van der Waals surface area contributed by atoms with Crippen LogP contribution in [0, 0.1) is 26.8 Å². The molecule has 0 saturated carbocycles. The molecule has 118 valence electrons. The molecule has 2 aromatic rings. The van der Waals surface area contributed by atoms with Gasteiger partial charge in [-0.05, 0) is 0 Å². The second-order valence-corrected chi connectivity index (χ2v) is 7.17. The van der Waals surface area contributed by atoms with Crippen molar-refractivity contribution in [3.63, 3.8) is 0 Å². The van der Waals surface area contributed by atoms with Crippen LogP contribution in [0.4, 0.5) is 0 Å². The van der Waals surface area contributed by atoms with Crippen LogP contribution in [0.5, 0.6) is 0 Å². The first-order valence-electron chi connectivity index (χ1n) is 7.44. The van der Waals surface area contributed by atoms with E-state index in [0.29, 0.717) is 0 Å². The standard InChI is InChI=1S/C9H11.C7H6.C3H6N2.Ru/c1-7-4-8(2)6-9(3)5-7;1-7-5-3-2-4-6-7;1-2-5-3-4-1;/h4-5H,1-3H3;1-6H;4-5H,1-2H2;/q-1;;;. The van der Waals surface area contributed by atoms with Crippen molar-refractivity contribution in [2.24, 2.45) is 0 Å². The van der Waals surface area contributed by atoms with Crippen LogP contribution in [0.15, 0.2) is 42.5 Å². The second kappa shape index (κ2) is 9.00. The van der Waals surface area contributed by atoms with Crippen LogP contribution in [0.1, 0.15) is 22.3 Å². The first kappa shape index (κ1) is 17.1. The summed E-state index contributed by atoms with van der Waals surface area (Å²) in [5.74, 6) is 0. The van der Waals surface area contributed by atoms with Gasteiger partial charge in [0.1, 0.15) is 0 Å². The number of hydrogen-bond acceptors (Lipinski definition) is 2. The summed E-state index contributed by atoms with van der Waals surface area (Å²) in [6.45, 7) is 8.40. The molecule has 2 N–H and O–H groups in total. The monoisotopic (exact) mass is 381 g/mol. The van der Waals surface area contributed by atoms with Crippen molar-refractivity contribution in [3.8, 4) is 0 Å². The third-order valence-corrected chi connectivity index (χ3v) is 4.98. The van der Waals surface area contributed by atoms with Crippen molar-refractivity contribution in [1.29, 1.82) is 0 Å². The summed E-state index contributed by atoms with van der Waals surface area (Å²) in [6.07, 6.45) is 0. The van der Waals surface area contributed by atoms with E-state index in [1.165, 1.54) is 26.6 Å². The van der Waals surface area contributed by atoms with Crippen molar-refractivity contribution in [2.45, 2.75) is 20.8 Å². The Balaban J connectivity index is 0.000000172. The summed E-state index contributed by atoms with van der Waals surface area (Å²) in [6, 6.07) is 18.0. The van der Waals surface area contributed by atoms with Crippen molar-refractivity contribution in [3.05, 3.63) is 70.8 Å². The molecule has 0 radical (unpaired) electrons. The molecule has 0 atom stereocenters. The van der Waals surface area contributed by atoms with Crippen LogP contribution in [-0.4, -0.2) is 22.1 Å². The van der Waals surface area contributed by atoms with Crippen LogP contribution in [-0.2, 0) is 16.2 Å². The summed E-state index contributed by atoms with van der Waals surface area (Å²) in [7, 11) is 0. The van der Waals surface area contributed by atoms with Gasteiger partial charge in [0.25, 0.3) is 0 Å². The Bertz CT molecular complexity index is 613. The molecular formula is C19H23N2Ru-. The number of aryl methyl sites for hydroxylation is 3. The van der Waals surface area contributed by atoms with Gasteiger partial charge in [-0.2, -0.15) is 34.9 Å². The number of rotatable bonds is 1. The van der Waals surface area contributed by atoms with Crippen LogP contribution in [0.2, 0.25) is 0 Å². The Labute approximate surface area is 140 Å². The number of benzene rings is 2. The van der Waals surface area contributed by atoms with Gasteiger partial charge in [-0.3, -0.25) is 0 Å². The number of hydrogen-bond donors (Lipinski definition) is 2. The molecule has 1 heterocycles. The summed E-state index contributed by atoms with van der Waals surface area (Å²) in [5.41, 5.74) is 5.10. The molecule has 22 heavy (non-hydrogen) atoms. The maximum absolute atomic E-state index is 3.34. The third kappa shape index (κ3) is 6.23. The van der Waals surface area contributed by atoms with Gasteiger partial charge in [0.05, 0.1) is 0 Å². The van der Waals surface area contributed by atoms with Gasteiger partial charge in [-0.15, -0.1) is 0 Å². The third-order valence-electron chi connectivity index (χ3n) is 3.03. The zero-order valence-electron chi connectivity index (χ0n) is 13.4. The maximum atomic E-state index is 3.34. The van der Waals surface area contributed by atoms with Gasteiger partial charge in [0.2, 0.25) is 0 Å². The molecule has 1 saturated heterocycles. The molecule has 0 bridgehead atoms. The molecule has 2 aromatic carbocycles. The molecule has 1 fully saturated rings. The van der Waals surface area contributed by atoms with E-state index in [-0.39, 0.29) is 16.2 Å². The quantitative estimate of drug-likeness (QED) is 0.587. The van der Waals surface area contributed by atoms with Gasteiger partial charge in [0.15, 0.2) is 0 Å². The molecular weight excluding hydrogens is 357 g/mol. The van der Waals surface area contributed by atoms with Gasteiger partial charge in [-0.25, -0.2) is 0 Å². The Kier molecular flexibility index (Phi) is 6.99. The Hall–Kier alpha value is -1.28. The van der Waals surface area contributed by atoms with E-state index in [9.17, 15) is 0 Å². The second-order valence-electron chi connectivity index (χ2n) is 5.29. The first-order chi connectivity index (χ1) is 10.6. The Morgan fingerprint density at radius 2 is 1.55 bits per heavy atom. The summed E-state index contributed by atoms with van der Waals surface area (Å²) in [5, 5.41) is 6.68. The summed E-state index contributed by atoms with van der Waals surface area (Å²) < 4.78 is 3.64.